The molecule has 0 unspecified atom stereocenters. The minimum absolute atomic E-state index is 0.139. The molecule has 0 saturated heterocycles. The molecule has 0 amide bonds. The monoisotopic (exact) mass is 231 g/mol. The van der Waals surface area contributed by atoms with Gasteiger partial charge < -0.3 is 0 Å². The topological polar surface area (TPSA) is 61.0 Å². The molecule has 0 N–H and O–H groups in total. The van der Waals surface area contributed by atoms with Crippen molar-refractivity contribution in [1.29, 1.82) is 0 Å². The zero-order valence-electron chi connectivity index (χ0n) is 9.75. The van der Waals surface area contributed by atoms with Crippen molar-refractivity contribution in [2.24, 2.45) is 0 Å². The highest BCUT2D eigenvalue weighted by Gasteiger charge is 2.13. The highest BCUT2D eigenvalue weighted by Crippen LogP contribution is 2.19. The second-order valence-electron chi connectivity index (χ2n) is 3.97. The second kappa shape index (κ2) is 4.37. The lowest BCUT2D eigenvalue weighted by Crippen LogP contribution is -2.06. The summed E-state index contributed by atoms with van der Waals surface area (Å²) in [6.45, 7) is 4.27. The van der Waals surface area contributed by atoms with Crippen LogP contribution in [0, 0.1) is 24.0 Å². The van der Waals surface area contributed by atoms with Gasteiger partial charge in [0, 0.05) is 11.8 Å². The summed E-state index contributed by atoms with van der Waals surface area (Å²) in [6, 6.07) is 8.70. The quantitative estimate of drug-likeness (QED) is 0.602. The Hall–Kier alpha value is -2.17. The molecule has 1 heterocycles. The molecule has 2 aromatic rings. The van der Waals surface area contributed by atoms with Gasteiger partial charge in [-0.05, 0) is 19.9 Å². The summed E-state index contributed by atoms with van der Waals surface area (Å²) in [7, 11) is 0. The largest absolute Gasteiger partial charge is 0.274 e. The molecule has 0 fully saturated rings. The van der Waals surface area contributed by atoms with Gasteiger partial charge >= 0.3 is 0 Å². The molecule has 1 aromatic carbocycles. The molecule has 0 aliphatic carbocycles. The van der Waals surface area contributed by atoms with Gasteiger partial charge in [-0.2, -0.15) is 5.10 Å². The number of aryl methyl sites for hydroxylation is 2. The predicted octanol–water partition coefficient (Wildman–Crippen LogP) is 2.46. The molecule has 0 atom stereocenters. The molecule has 5 nitrogen and oxygen atoms in total. The van der Waals surface area contributed by atoms with Crippen molar-refractivity contribution < 1.29 is 4.92 Å². The third kappa shape index (κ3) is 2.33. The van der Waals surface area contributed by atoms with E-state index in [0.717, 1.165) is 11.4 Å². The fraction of sp³-hybridized carbons (Fsp3) is 0.250. The van der Waals surface area contributed by atoms with Crippen LogP contribution in [-0.2, 0) is 6.54 Å². The van der Waals surface area contributed by atoms with E-state index in [1.807, 2.05) is 19.9 Å². The van der Waals surface area contributed by atoms with Gasteiger partial charge in [0.1, 0.15) is 0 Å². The van der Waals surface area contributed by atoms with Gasteiger partial charge in [-0.15, -0.1) is 0 Å². The molecule has 0 aliphatic heterocycles. The summed E-state index contributed by atoms with van der Waals surface area (Å²) in [4.78, 5) is 10.5. The zero-order valence-corrected chi connectivity index (χ0v) is 9.75. The van der Waals surface area contributed by atoms with Crippen molar-refractivity contribution in [1.82, 2.24) is 9.78 Å². The van der Waals surface area contributed by atoms with Crippen molar-refractivity contribution in [2.45, 2.75) is 20.4 Å². The third-order valence-corrected chi connectivity index (χ3v) is 2.61. The van der Waals surface area contributed by atoms with Gasteiger partial charge in [0.25, 0.3) is 5.69 Å². The van der Waals surface area contributed by atoms with Crippen LogP contribution in [0.15, 0.2) is 30.3 Å². The van der Waals surface area contributed by atoms with Gasteiger partial charge in [0.15, 0.2) is 0 Å². The van der Waals surface area contributed by atoms with Crippen molar-refractivity contribution >= 4 is 5.69 Å². The van der Waals surface area contributed by atoms with Crippen LogP contribution in [0.25, 0.3) is 0 Å². The van der Waals surface area contributed by atoms with Crippen LogP contribution in [0.1, 0.15) is 17.0 Å². The summed E-state index contributed by atoms with van der Waals surface area (Å²) in [5, 5.41) is 15.2. The third-order valence-electron chi connectivity index (χ3n) is 2.61. The molecular formula is C12H13N3O2. The fourth-order valence-electron chi connectivity index (χ4n) is 1.82. The maximum Gasteiger partial charge on any atom is 0.274 e. The molecule has 1 aromatic heterocycles. The second-order valence-corrected chi connectivity index (χ2v) is 3.97. The molecule has 0 aliphatic rings. The number of nitrogens with zero attached hydrogens (tertiary/aromatic N) is 3. The van der Waals surface area contributed by atoms with E-state index >= 15 is 0 Å². The Morgan fingerprint density at radius 3 is 2.65 bits per heavy atom. The Labute approximate surface area is 98.8 Å². The number of hydrogen-bond acceptors (Lipinski definition) is 3. The van der Waals surface area contributed by atoms with Gasteiger partial charge in [0.2, 0.25) is 0 Å². The van der Waals surface area contributed by atoms with E-state index in [1.165, 1.54) is 6.07 Å². The summed E-state index contributed by atoms with van der Waals surface area (Å²) in [5.41, 5.74) is 2.73. The molecule has 0 bridgehead atoms. The highest BCUT2D eigenvalue weighted by molar-refractivity contribution is 5.39. The molecular weight excluding hydrogens is 218 g/mol. The number of para-hydroxylation sites is 1. The van der Waals surface area contributed by atoms with Crippen LogP contribution >= 0.6 is 0 Å². The minimum atomic E-state index is -0.360. The Balaban J connectivity index is 2.36. The van der Waals surface area contributed by atoms with E-state index in [4.69, 9.17) is 0 Å². The minimum Gasteiger partial charge on any atom is -0.265 e. The fourth-order valence-corrected chi connectivity index (χ4v) is 1.82. The number of nitro groups is 1. The van der Waals surface area contributed by atoms with E-state index in [2.05, 4.69) is 5.10 Å². The molecule has 0 spiro atoms. The maximum atomic E-state index is 10.9. The Kier molecular flexibility index (Phi) is 2.91. The van der Waals surface area contributed by atoms with Gasteiger partial charge in [-0.25, -0.2) is 0 Å². The summed E-state index contributed by atoms with van der Waals surface area (Å²) in [6.07, 6.45) is 0. The van der Waals surface area contributed by atoms with E-state index in [9.17, 15) is 10.1 Å². The normalized spacial score (nSPS) is 10.5. The van der Waals surface area contributed by atoms with Crippen LogP contribution < -0.4 is 0 Å². The van der Waals surface area contributed by atoms with Crippen LogP contribution in [0.3, 0.4) is 0 Å². The number of benzene rings is 1. The number of rotatable bonds is 3. The highest BCUT2D eigenvalue weighted by atomic mass is 16.6. The molecule has 17 heavy (non-hydrogen) atoms. The SMILES string of the molecule is Cc1cc(C)n(Cc2ccccc2[N+](=O)[O-])n1. The summed E-state index contributed by atoms with van der Waals surface area (Å²) < 4.78 is 1.78. The van der Waals surface area contributed by atoms with Crippen LogP contribution in [0.2, 0.25) is 0 Å². The molecule has 5 heteroatoms. The van der Waals surface area contributed by atoms with Crippen molar-refractivity contribution in [3.8, 4) is 0 Å². The molecule has 2 rings (SSSR count). The number of aromatic nitrogens is 2. The number of nitro benzene ring substituents is 1. The predicted molar refractivity (Wildman–Crippen MR) is 63.9 cm³/mol. The van der Waals surface area contributed by atoms with E-state index in [-0.39, 0.29) is 10.6 Å². The van der Waals surface area contributed by atoms with Crippen molar-refractivity contribution in [3.63, 3.8) is 0 Å². The van der Waals surface area contributed by atoms with E-state index < -0.39 is 0 Å². The van der Waals surface area contributed by atoms with Gasteiger partial charge in [-0.1, -0.05) is 18.2 Å². The molecule has 0 saturated carbocycles. The lowest BCUT2D eigenvalue weighted by Gasteiger charge is -2.05. The Morgan fingerprint density at radius 1 is 1.35 bits per heavy atom. The zero-order chi connectivity index (χ0) is 12.4. The maximum absolute atomic E-state index is 10.9. The lowest BCUT2D eigenvalue weighted by molar-refractivity contribution is -0.385. The van der Waals surface area contributed by atoms with Crippen LogP contribution in [-0.4, -0.2) is 14.7 Å². The lowest BCUT2D eigenvalue weighted by atomic mass is 10.2. The van der Waals surface area contributed by atoms with Crippen LogP contribution in [0.4, 0.5) is 5.69 Å². The Morgan fingerprint density at radius 2 is 2.06 bits per heavy atom. The Bertz CT molecular complexity index is 561. The molecule has 0 radical (unpaired) electrons. The average Bonchev–Trinajstić information content (AvgIpc) is 2.58. The summed E-state index contributed by atoms with van der Waals surface area (Å²) >= 11 is 0. The van der Waals surface area contributed by atoms with Gasteiger partial charge in [0.05, 0.1) is 22.7 Å². The number of hydrogen-bond donors (Lipinski definition) is 0. The first-order valence-electron chi connectivity index (χ1n) is 5.31. The van der Waals surface area contributed by atoms with E-state index in [0.29, 0.717) is 12.1 Å². The first-order chi connectivity index (χ1) is 8.08. The van der Waals surface area contributed by atoms with E-state index in [1.54, 1.807) is 22.9 Å². The smallest absolute Gasteiger partial charge is 0.265 e. The standard InChI is InChI=1S/C12H13N3O2/c1-9-7-10(2)14(13-9)8-11-5-3-4-6-12(11)15(16)17/h3-7H,8H2,1-2H3. The van der Waals surface area contributed by atoms with Crippen LogP contribution in [0.5, 0.6) is 0 Å². The molecule has 88 valence electrons. The van der Waals surface area contributed by atoms with Crippen molar-refractivity contribution in [3.05, 3.63) is 57.4 Å². The van der Waals surface area contributed by atoms with Crippen molar-refractivity contribution in [2.75, 3.05) is 0 Å². The first kappa shape index (κ1) is 11.3. The summed E-state index contributed by atoms with van der Waals surface area (Å²) in [5.74, 6) is 0. The van der Waals surface area contributed by atoms with Gasteiger partial charge in [-0.3, -0.25) is 14.8 Å². The average molecular weight is 231 g/mol. The first-order valence-corrected chi connectivity index (χ1v) is 5.31.